The van der Waals surface area contributed by atoms with E-state index in [9.17, 15) is 4.79 Å². The summed E-state index contributed by atoms with van der Waals surface area (Å²) in [5.41, 5.74) is 7.99. The van der Waals surface area contributed by atoms with Crippen LogP contribution >= 0.6 is 27.5 Å². The predicted molar refractivity (Wildman–Crippen MR) is 82.7 cm³/mol. The molecule has 0 aliphatic rings. The third-order valence-electron chi connectivity index (χ3n) is 2.86. The van der Waals surface area contributed by atoms with Gasteiger partial charge in [0.15, 0.2) is 5.78 Å². The summed E-state index contributed by atoms with van der Waals surface area (Å²) in [5, 5.41) is 0.483. The molecule has 0 saturated heterocycles. The summed E-state index contributed by atoms with van der Waals surface area (Å²) in [6.07, 6.45) is 1.10. The van der Waals surface area contributed by atoms with Gasteiger partial charge in [-0.2, -0.15) is 0 Å². The first-order valence-electron chi connectivity index (χ1n) is 5.89. The van der Waals surface area contributed by atoms with Crippen LogP contribution in [0.2, 0.25) is 5.02 Å². The molecule has 0 aliphatic carbocycles. The lowest BCUT2D eigenvalue weighted by Crippen LogP contribution is -2.03. The maximum Gasteiger partial charge on any atom is 0.165 e. The van der Waals surface area contributed by atoms with Gasteiger partial charge in [0.25, 0.3) is 0 Å². The molecule has 4 heteroatoms. The summed E-state index contributed by atoms with van der Waals surface area (Å²) < 4.78 is 0.738. The van der Waals surface area contributed by atoms with Gasteiger partial charge >= 0.3 is 0 Å². The Morgan fingerprint density at radius 2 is 1.84 bits per heavy atom. The molecule has 2 aromatic carbocycles. The number of carbonyl (C=O) groups is 1. The number of rotatable bonds is 4. The van der Waals surface area contributed by atoms with Crippen LogP contribution in [0.1, 0.15) is 22.3 Å². The van der Waals surface area contributed by atoms with Crippen LogP contribution in [0, 0.1) is 0 Å². The number of nitrogen functional groups attached to an aromatic ring is 1. The Balaban J connectivity index is 2.07. The normalized spacial score (nSPS) is 10.4. The molecule has 0 aromatic heterocycles. The Hall–Kier alpha value is -1.32. The molecule has 0 atom stereocenters. The van der Waals surface area contributed by atoms with Crippen LogP contribution in [0.5, 0.6) is 0 Å². The van der Waals surface area contributed by atoms with E-state index in [1.54, 1.807) is 6.07 Å². The van der Waals surface area contributed by atoms with Gasteiger partial charge in [-0.15, -0.1) is 0 Å². The van der Waals surface area contributed by atoms with Crippen molar-refractivity contribution in [2.24, 2.45) is 0 Å². The predicted octanol–water partition coefficient (Wildman–Crippen LogP) is 4.50. The summed E-state index contributed by atoms with van der Waals surface area (Å²) in [6, 6.07) is 12.9. The lowest BCUT2D eigenvalue weighted by atomic mass is 10.0. The summed E-state index contributed by atoms with van der Waals surface area (Å²) in [7, 11) is 0. The number of hydrogen-bond donors (Lipinski definition) is 1. The number of nitrogens with two attached hydrogens (primary N) is 1. The standard InChI is InChI=1S/C15H13BrClNO/c16-12-2-1-3-13(17)15(12)14(19)9-6-10-4-7-11(18)8-5-10/h1-5,7-8H,6,9,18H2. The van der Waals surface area contributed by atoms with Gasteiger partial charge in [-0.3, -0.25) is 4.79 Å². The van der Waals surface area contributed by atoms with Crippen LogP contribution in [0.3, 0.4) is 0 Å². The van der Waals surface area contributed by atoms with E-state index in [0.717, 1.165) is 15.7 Å². The maximum absolute atomic E-state index is 12.2. The SMILES string of the molecule is Nc1ccc(CCC(=O)c2c(Cl)cccc2Br)cc1. The van der Waals surface area contributed by atoms with Crippen molar-refractivity contribution in [2.75, 3.05) is 5.73 Å². The Bertz CT molecular complexity index is 575. The quantitative estimate of drug-likeness (QED) is 0.659. The van der Waals surface area contributed by atoms with Crippen LogP contribution in [-0.4, -0.2) is 5.78 Å². The van der Waals surface area contributed by atoms with Crippen molar-refractivity contribution in [3.05, 3.63) is 63.1 Å². The third kappa shape index (κ3) is 3.58. The summed E-state index contributed by atoms with van der Waals surface area (Å²) in [6.45, 7) is 0. The smallest absolute Gasteiger partial charge is 0.165 e. The van der Waals surface area contributed by atoms with E-state index < -0.39 is 0 Å². The Labute approximate surface area is 125 Å². The Morgan fingerprint density at radius 1 is 1.16 bits per heavy atom. The molecule has 0 aliphatic heterocycles. The highest BCUT2D eigenvalue weighted by Crippen LogP contribution is 2.26. The van der Waals surface area contributed by atoms with Crippen LogP contribution in [0.4, 0.5) is 5.69 Å². The van der Waals surface area contributed by atoms with Crippen LogP contribution in [-0.2, 0) is 6.42 Å². The van der Waals surface area contributed by atoms with E-state index in [1.165, 1.54) is 0 Å². The van der Waals surface area contributed by atoms with Crippen molar-refractivity contribution in [3.8, 4) is 0 Å². The van der Waals surface area contributed by atoms with E-state index in [-0.39, 0.29) is 5.78 Å². The average molecular weight is 339 g/mol. The molecule has 0 unspecified atom stereocenters. The van der Waals surface area contributed by atoms with Gasteiger partial charge in [0, 0.05) is 16.6 Å². The van der Waals surface area contributed by atoms with Crippen molar-refractivity contribution in [1.82, 2.24) is 0 Å². The van der Waals surface area contributed by atoms with Crippen molar-refractivity contribution >= 4 is 39.0 Å². The molecule has 2 rings (SSSR count). The Kier molecular flexibility index (Phi) is 4.61. The van der Waals surface area contributed by atoms with Crippen molar-refractivity contribution in [3.63, 3.8) is 0 Å². The molecule has 0 bridgehead atoms. The lowest BCUT2D eigenvalue weighted by molar-refractivity contribution is 0.0982. The first-order valence-corrected chi connectivity index (χ1v) is 7.06. The summed E-state index contributed by atoms with van der Waals surface area (Å²) in [4.78, 5) is 12.2. The van der Waals surface area contributed by atoms with Crippen LogP contribution < -0.4 is 5.73 Å². The fraction of sp³-hybridized carbons (Fsp3) is 0.133. The van der Waals surface area contributed by atoms with Crippen LogP contribution in [0.25, 0.3) is 0 Å². The molecular formula is C15H13BrClNO. The molecule has 0 amide bonds. The summed E-state index contributed by atoms with van der Waals surface area (Å²) in [5.74, 6) is 0.0364. The number of carbonyl (C=O) groups excluding carboxylic acids is 1. The number of benzene rings is 2. The molecule has 2 nitrogen and oxygen atoms in total. The molecule has 2 aromatic rings. The van der Waals surface area contributed by atoms with Gasteiger partial charge in [-0.25, -0.2) is 0 Å². The van der Waals surface area contributed by atoms with Gasteiger partial charge < -0.3 is 5.73 Å². The minimum absolute atomic E-state index is 0.0364. The van der Waals surface area contributed by atoms with E-state index in [4.69, 9.17) is 17.3 Å². The highest BCUT2D eigenvalue weighted by Gasteiger charge is 2.13. The lowest BCUT2D eigenvalue weighted by Gasteiger charge is -2.06. The molecule has 0 radical (unpaired) electrons. The first kappa shape index (κ1) is 14.1. The number of Topliss-reactive ketones (excluding diaryl/α,β-unsaturated/α-hetero) is 1. The largest absolute Gasteiger partial charge is 0.399 e. The zero-order chi connectivity index (χ0) is 13.8. The van der Waals surface area contributed by atoms with Gasteiger partial charge in [0.05, 0.1) is 10.6 Å². The monoisotopic (exact) mass is 337 g/mol. The topological polar surface area (TPSA) is 43.1 Å². The Morgan fingerprint density at radius 3 is 2.47 bits per heavy atom. The molecule has 0 fully saturated rings. The molecule has 98 valence electrons. The van der Waals surface area contributed by atoms with Crippen LogP contribution in [0.15, 0.2) is 46.9 Å². The van der Waals surface area contributed by atoms with E-state index in [0.29, 0.717) is 23.4 Å². The number of halogens is 2. The molecule has 2 N–H and O–H groups in total. The van der Waals surface area contributed by atoms with E-state index in [1.807, 2.05) is 36.4 Å². The summed E-state index contributed by atoms with van der Waals surface area (Å²) >= 11 is 9.42. The second-order valence-corrected chi connectivity index (χ2v) is 5.52. The van der Waals surface area contributed by atoms with Gasteiger partial charge in [0.1, 0.15) is 0 Å². The van der Waals surface area contributed by atoms with Crippen molar-refractivity contribution in [2.45, 2.75) is 12.8 Å². The molecule has 0 saturated carbocycles. The molecular weight excluding hydrogens is 326 g/mol. The van der Waals surface area contributed by atoms with Gasteiger partial charge in [-0.05, 0) is 52.2 Å². The third-order valence-corrected chi connectivity index (χ3v) is 3.84. The minimum Gasteiger partial charge on any atom is -0.399 e. The number of ketones is 1. The maximum atomic E-state index is 12.2. The average Bonchev–Trinajstić information content (AvgIpc) is 2.38. The molecule has 0 spiro atoms. The van der Waals surface area contributed by atoms with Gasteiger partial charge in [0.2, 0.25) is 0 Å². The van der Waals surface area contributed by atoms with E-state index >= 15 is 0 Å². The second-order valence-electron chi connectivity index (χ2n) is 4.26. The number of anilines is 1. The zero-order valence-electron chi connectivity index (χ0n) is 10.2. The number of aryl methyl sites for hydroxylation is 1. The fourth-order valence-corrected chi connectivity index (χ4v) is 2.81. The second kappa shape index (κ2) is 6.22. The molecule has 0 heterocycles. The highest BCUT2D eigenvalue weighted by molar-refractivity contribution is 9.10. The minimum atomic E-state index is 0.0364. The fourth-order valence-electron chi connectivity index (χ4n) is 1.83. The highest BCUT2D eigenvalue weighted by atomic mass is 79.9. The van der Waals surface area contributed by atoms with Crippen molar-refractivity contribution < 1.29 is 4.79 Å². The molecule has 19 heavy (non-hydrogen) atoms. The zero-order valence-corrected chi connectivity index (χ0v) is 12.5. The van der Waals surface area contributed by atoms with E-state index in [2.05, 4.69) is 15.9 Å². The first-order chi connectivity index (χ1) is 9.08. The van der Waals surface area contributed by atoms with Gasteiger partial charge in [-0.1, -0.05) is 29.8 Å². The van der Waals surface area contributed by atoms with Crippen molar-refractivity contribution in [1.29, 1.82) is 0 Å². The number of hydrogen-bond acceptors (Lipinski definition) is 2.